The minimum Gasteiger partial charge on any atom is -0.444 e. The zero-order chi connectivity index (χ0) is 13.9. The normalized spacial score (nSPS) is 28.6. The van der Waals surface area contributed by atoms with Crippen LogP contribution in [0, 0.1) is 5.92 Å². The zero-order valence-electron chi connectivity index (χ0n) is 12.0. The summed E-state index contributed by atoms with van der Waals surface area (Å²) in [5.74, 6) is 2.11. The highest BCUT2D eigenvalue weighted by molar-refractivity contribution is 5.76. The second kappa shape index (κ2) is 5.95. The predicted molar refractivity (Wildman–Crippen MR) is 75.0 cm³/mol. The number of amides is 1. The van der Waals surface area contributed by atoms with E-state index in [9.17, 15) is 4.79 Å². The number of fused-ring (bicyclic) bond motifs is 2. The van der Waals surface area contributed by atoms with Gasteiger partial charge in [0.05, 0.1) is 12.7 Å². The zero-order valence-corrected chi connectivity index (χ0v) is 12.0. The molecule has 2 N–H and O–H groups in total. The Hall–Kier alpha value is -1.36. The lowest BCUT2D eigenvalue weighted by Gasteiger charge is -2.28. The Kier molecular flexibility index (Phi) is 4.05. The summed E-state index contributed by atoms with van der Waals surface area (Å²) in [6, 6.07) is 1.29. The van der Waals surface area contributed by atoms with Crippen LogP contribution in [0.3, 0.4) is 0 Å². The number of hydrogen-bond acceptors (Lipinski definition) is 4. The van der Waals surface area contributed by atoms with E-state index in [-0.39, 0.29) is 5.91 Å². The van der Waals surface area contributed by atoms with E-state index in [0.717, 1.165) is 25.0 Å². The van der Waals surface area contributed by atoms with Gasteiger partial charge in [-0.3, -0.25) is 4.79 Å². The van der Waals surface area contributed by atoms with Crippen LogP contribution in [0.25, 0.3) is 0 Å². The van der Waals surface area contributed by atoms with Gasteiger partial charge in [-0.1, -0.05) is 6.92 Å². The average Bonchev–Trinajstić information content (AvgIpc) is 3.03. The molecule has 3 heterocycles. The van der Waals surface area contributed by atoms with Crippen molar-refractivity contribution in [1.29, 1.82) is 0 Å². The number of piperidine rings is 1. The maximum absolute atomic E-state index is 12.0. The van der Waals surface area contributed by atoms with E-state index in [0.29, 0.717) is 36.9 Å². The summed E-state index contributed by atoms with van der Waals surface area (Å²) >= 11 is 0. The standard InChI is InChI=1S/C15H23N3O2/c1-2-13-8-17-15(20-13)9-16-14(19)7-10-5-11-3-4-12(6-10)18-11/h8,10-12,18H,2-7,9H2,1H3,(H,16,19). The van der Waals surface area contributed by atoms with E-state index < -0.39 is 0 Å². The van der Waals surface area contributed by atoms with Crippen LogP contribution < -0.4 is 10.6 Å². The first-order chi connectivity index (χ1) is 9.72. The summed E-state index contributed by atoms with van der Waals surface area (Å²) in [4.78, 5) is 16.1. The van der Waals surface area contributed by atoms with Crippen LogP contribution >= 0.6 is 0 Å². The molecule has 1 aromatic rings. The maximum Gasteiger partial charge on any atom is 0.220 e. The smallest absolute Gasteiger partial charge is 0.220 e. The maximum atomic E-state index is 12.0. The van der Waals surface area contributed by atoms with Crippen LogP contribution in [-0.4, -0.2) is 23.0 Å². The molecule has 1 aromatic heterocycles. The Bertz CT molecular complexity index is 459. The number of aromatic nitrogens is 1. The molecule has 0 aromatic carbocycles. The number of hydrogen-bond donors (Lipinski definition) is 2. The van der Waals surface area contributed by atoms with Crippen LogP contribution in [-0.2, 0) is 17.8 Å². The number of nitrogens with one attached hydrogen (secondary N) is 2. The number of aryl methyl sites for hydroxylation is 1. The molecule has 2 unspecified atom stereocenters. The highest BCUT2D eigenvalue weighted by Crippen LogP contribution is 2.32. The van der Waals surface area contributed by atoms with Gasteiger partial charge in [0.25, 0.3) is 0 Å². The van der Waals surface area contributed by atoms with Crippen LogP contribution in [0.1, 0.15) is 50.7 Å². The van der Waals surface area contributed by atoms with E-state index >= 15 is 0 Å². The van der Waals surface area contributed by atoms with E-state index in [4.69, 9.17) is 4.42 Å². The molecule has 2 aliphatic heterocycles. The predicted octanol–water partition coefficient (Wildman–Crippen LogP) is 1.77. The van der Waals surface area contributed by atoms with Crippen molar-refractivity contribution in [3.63, 3.8) is 0 Å². The molecule has 0 saturated carbocycles. The number of carbonyl (C=O) groups is 1. The van der Waals surface area contributed by atoms with E-state index in [1.165, 1.54) is 12.8 Å². The van der Waals surface area contributed by atoms with Gasteiger partial charge in [-0.25, -0.2) is 4.98 Å². The van der Waals surface area contributed by atoms with Crippen LogP contribution in [0.4, 0.5) is 0 Å². The number of oxazole rings is 1. The third-order valence-electron chi connectivity index (χ3n) is 4.43. The van der Waals surface area contributed by atoms with Crippen LogP contribution in [0.15, 0.2) is 10.6 Å². The van der Waals surface area contributed by atoms with Crippen molar-refractivity contribution in [2.45, 2.75) is 64.1 Å². The van der Waals surface area contributed by atoms with Crippen LogP contribution in [0.5, 0.6) is 0 Å². The topological polar surface area (TPSA) is 67.2 Å². The highest BCUT2D eigenvalue weighted by Gasteiger charge is 2.34. The molecule has 110 valence electrons. The molecule has 0 spiro atoms. The summed E-state index contributed by atoms with van der Waals surface area (Å²) in [5.41, 5.74) is 0. The highest BCUT2D eigenvalue weighted by atomic mass is 16.4. The molecule has 20 heavy (non-hydrogen) atoms. The summed E-state index contributed by atoms with van der Waals surface area (Å²) < 4.78 is 5.48. The first-order valence-corrected chi connectivity index (χ1v) is 7.69. The van der Waals surface area contributed by atoms with E-state index in [1.54, 1.807) is 6.20 Å². The number of carbonyl (C=O) groups excluding carboxylic acids is 1. The second-order valence-corrected chi connectivity index (χ2v) is 6.03. The van der Waals surface area contributed by atoms with Crippen molar-refractivity contribution in [1.82, 2.24) is 15.6 Å². The molecule has 2 saturated heterocycles. The molecule has 2 fully saturated rings. The lowest BCUT2D eigenvalue weighted by atomic mass is 9.89. The van der Waals surface area contributed by atoms with Crippen molar-refractivity contribution in [3.05, 3.63) is 17.8 Å². The van der Waals surface area contributed by atoms with Crippen molar-refractivity contribution in [2.24, 2.45) is 5.92 Å². The van der Waals surface area contributed by atoms with Gasteiger partial charge in [0.1, 0.15) is 5.76 Å². The van der Waals surface area contributed by atoms with Gasteiger partial charge < -0.3 is 15.1 Å². The summed E-state index contributed by atoms with van der Waals surface area (Å²) in [6.45, 7) is 2.42. The quantitative estimate of drug-likeness (QED) is 0.861. The summed E-state index contributed by atoms with van der Waals surface area (Å²) in [5, 5.41) is 6.52. The van der Waals surface area contributed by atoms with Gasteiger partial charge in [-0.05, 0) is 31.6 Å². The van der Waals surface area contributed by atoms with Gasteiger partial charge in [0.15, 0.2) is 0 Å². The Morgan fingerprint density at radius 2 is 2.20 bits per heavy atom. The van der Waals surface area contributed by atoms with Gasteiger partial charge >= 0.3 is 0 Å². The third-order valence-corrected chi connectivity index (χ3v) is 4.43. The number of rotatable bonds is 5. The summed E-state index contributed by atoms with van der Waals surface area (Å²) in [7, 11) is 0. The molecule has 0 radical (unpaired) electrons. The Morgan fingerprint density at radius 3 is 2.85 bits per heavy atom. The SMILES string of the molecule is CCc1cnc(CNC(=O)CC2CC3CCC(C2)N3)o1. The van der Waals surface area contributed by atoms with Gasteiger partial charge in [-0.15, -0.1) is 0 Å². The largest absolute Gasteiger partial charge is 0.444 e. The minimum atomic E-state index is 0.118. The molecule has 0 aliphatic carbocycles. The molecule has 3 rings (SSSR count). The molecule has 5 heteroatoms. The van der Waals surface area contributed by atoms with Gasteiger partial charge in [-0.2, -0.15) is 0 Å². The second-order valence-electron chi connectivity index (χ2n) is 6.03. The Labute approximate surface area is 119 Å². The van der Waals surface area contributed by atoms with Crippen LogP contribution in [0.2, 0.25) is 0 Å². The summed E-state index contributed by atoms with van der Waals surface area (Å²) in [6.07, 6.45) is 8.03. The monoisotopic (exact) mass is 277 g/mol. The average molecular weight is 277 g/mol. The number of nitrogens with zero attached hydrogens (tertiary/aromatic N) is 1. The first-order valence-electron chi connectivity index (χ1n) is 7.69. The van der Waals surface area contributed by atoms with Crippen molar-refractivity contribution < 1.29 is 9.21 Å². The lowest BCUT2D eigenvalue weighted by molar-refractivity contribution is -0.122. The minimum absolute atomic E-state index is 0.118. The molecule has 2 atom stereocenters. The van der Waals surface area contributed by atoms with Crippen molar-refractivity contribution in [3.8, 4) is 0 Å². The van der Waals surface area contributed by atoms with Crippen molar-refractivity contribution >= 4 is 5.91 Å². The Balaban J connectivity index is 1.43. The molecule has 1 amide bonds. The van der Waals surface area contributed by atoms with Crippen molar-refractivity contribution in [2.75, 3.05) is 0 Å². The molecule has 2 bridgehead atoms. The van der Waals surface area contributed by atoms with Gasteiger partial charge in [0.2, 0.25) is 11.8 Å². The fourth-order valence-electron chi connectivity index (χ4n) is 3.44. The van der Waals surface area contributed by atoms with Gasteiger partial charge in [0, 0.05) is 24.9 Å². The Morgan fingerprint density at radius 1 is 1.45 bits per heavy atom. The van der Waals surface area contributed by atoms with E-state index in [1.807, 2.05) is 6.92 Å². The molecular weight excluding hydrogens is 254 g/mol. The lowest BCUT2D eigenvalue weighted by Crippen LogP contribution is -2.39. The molecular formula is C15H23N3O2. The molecule has 5 nitrogen and oxygen atoms in total. The van der Waals surface area contributed by atoms with E-state index in [2.05, 4.69) is 15.6 Å². The fraction of sp³-hybridized carbons (Fsp3) is 0.733. The fourth-order valence-corrected chi connectivity index (χ4v) is 3.44. The first kappa shape index (κ1) is 13.6. The molecule has 2 aliphatic rings. The third kappa shape index (κ3) is 3.20.